The van der Waals surface area contributed by atoms with Crippen LogP contribution in [0.15, 0.2) is 24.3 Å². The van der Waals surface area contributed by atoms with E-state index < -0.39 is 6.36 Å². The highest BCUT2D eigenvalue weighted by Gasteiger charge is 2.31. The Labute approximate surface area is 110 Å². The number of benzene rings is 1. The summed E-state index contributed by atoms with van der Waals surface area (Å²) in [4.78, 5) is 0. The summed E-state index contributed by atoms with van der Waals surface area (Å²) < 4.78 is 39.9. The van der Waals surface area contributed by atoms with E-state index in [-0.39, 0.29) is 11.8 Å². The van der Waals surface area contributed by atoms with Crippen LogP contribution in [0.2, 0.25) is 0 Å². The number of alkyl halides is 3. The van der Waals surface area contributed by atoms with Gasteiger partial charge in [0, 0.05) is 6.04 Å². The number of hydrogen-bond donors (Lipinski definition) is 1. The minimum Gasteiger partial charge on any atom is -0.406 e. The summed E-state index contributed by atoms with van der Waals surface area (Å²) >= 11 is 0. The molecule has 5 heteroatoms. The molecule has 2 nitrogen and oxygen atoms in total. The molecule has 1 aliphatic carbocycles. The van der Waals surface area contributed by atoms with Crippen LogP contribution >= 0.6 is 0 Å². The van der Waals surface area contributed by atoms with Gasteiger partial charge in [0.15, 0.2) is 0 Å². The molecule has 0 spiro atoms. The van der Waals surface area contributed by atoms with Gasteiger partial charge in [-0.25, -0.2) is 0 Å². The SMILES string of the molecule is NC1CCCCC1Cc1ccc(OC(F)(F)F)cc1. The van der Waals surface area contributed by atoms with E-state index >= 15 is 0 Å². The third-order valence-electron chi connectivity index (χ3n) is 3.62. The Morgan fingerprint density at radius 2 is 1.74 bits per heavy atom. The first-order chi connectivity index (χ1) is 8.94. The summed E-state index contributed by atoms with van der Waals surface area (Å²) in [5, 5.41) is 0. The fourth-order valence-corrected chi connectivity index (χ4v) is 2.62. The quantitative estimate of drug-likeness (QED) is 0.912. The Bertz CT molecular complexity index is 402. The zero-order valence-corrected chi connectivity index (χ0v) is 10.6. The van der Waals surface area contributed by atoms with Crippen LogP contribution in [0.25, 0.3) is 0 Å². The Kier molecular flexibility index (Phi) is 4.34. The van der Waals surface area contributed by atoms with E-state index in [1.165, 1.54) is 25.0 Å². The van der Waals surface area contributed by atoms with Crippen molar-refractivity contribution >= 4 is 0 Å². The predicted molar refractivity (Wildman–Crippen MR) is 66.8 cm³/mol. The van der Waals surface area contributed by atoms with E-state index in [2.05, 4.69) is 4.74 Å². The van der Waals surface area contributed by atoms with Gasteiger partial charge in [-0.3, -0.25) is 0 Å². The van der Waals surface area contributed by atoms with E-state index in [0.717, 1.165) is 24.8 Å². The topological polar surface area (TPSA) is 35.2 Å². The second-order valence-electron chi connectivity index (χ2n) is 5.10. The van der Waals surface area contributed by atoms with Crippen molar-refractivity contribution in [2.24, 2.45) is 11.7 Å². The van der Waals surface area contributed by atoms with Crippen molar-refractivity contribution in [3.8, 4) is 5.75 Å². The molecule has 2 unspecified atom stereocenters. The molecule has 0 heterocycles. The van der Waals surface area contributed by atoms with Crippen LogP contribution in [0.3, 0.4) is 0 Å². The summed E-state index contributed by atoms with van der Waals surface area (Å²) in [5.74, 6) is 0.257. The van der Waals surface area contributed by atoms with Gasteiger partial charge in [0.05, 0.1) is 0 Å². The fourth-order valence-electron chi connectivity index (χ4n) is 2.62. The zero-order valence-electron chi connectivity index (χ0n) is 10.6. The molecule has 1 fully saturated rings. The molecule has 19 heavy (non-hydrogen) atoms. The van der Waals surface area contributed by atoms with Gasteiger partial charge in [-0.1, -0.05) is 25.0 Å². The van der Waals surface area contributed by atoms with E-state index in [9.17, 15) is 13.2 Å². The minimum absolute atomic E-state index is 0.177. The van der Waals surface area contributed by atoms with Crippen molar-refractivity contribution in [1.82, 2.24) is 0 Å². The van der Waals surface area contributed by atoms with E-state index in [4.69, 9.17) is 5.73 Å². The van der Waals surface area contributed by atoms with Crippen LogP contribution < -0.4 is 10.5 Å². The Balaban J connectivity index is 1.94. The standard InChI is InChI=1S/C14H18F3NO/c15-14(16,17)19-12-7-5-10(6-8-12)9-11-3-1-2-4-13(11)18/h5-8,11,13H,1-4,9,18H2. The first-order valence-electron chi connectivity index (χ1n) is 6.54. The second-order valence-corrected chi connectivity index (χ2v) is 5.10. The lowest BCUT2D eigenvalue weighted by atomic mass is 9.81. The highest BCUT2D eigenvalue weighted by molar-refractivity contribution is 5.27. The number of hydrogen-bond acceptors (Lipinski definition) is 2. The minimum atomic E-state index is -4.63. The third kappa shape index (κ3) is 4.42. The maximum atomic E-state index is 12.0. The average molecular weight is 273 g/mol. The molecule has 2 N–H and O–H groups in total. The monoisotopic (exact) mass is 273 g/mol. The van der Waals surface area contributed by atoms with Crippen molar-refractivity contribution in [2.75, 3.05) is 0 Å². The molecule has 1 saturated carbocycles. The highest BCUT2D eigenvalue weighted by Crippen LogP contribution is 2.28. The van der Waals surface area contributed by atoms with Gasteiger partial charge >= 0.3 is 6.36 Å². The van der Waals surface area contributed by atoms with Gasteiger partial charge in [-0.05, 0) is 42.9 Å². The molecule has 1 aromatic rings. The van der Waals surface area contributed by atoms with Gasteiger partial charge in [0.1, 0.15) is 5.75 Å². The van der Waals surface area contributed by atoms with Crippen LogP contribution in [0, 0.1) is 5.92 Å². The van der Waals surface area contributed by atoms with Gasteiger partial charge in [0.25, 0.3) is 0 Å². The lowest BCUT2D eigenvalue weighted by Gasteiger charge is -2.28. The number of rotatable bonds is 3. The molecule has 1 aliphatic rings. The zero-order chi connectivity index (χ0) is 13.9. The summed E-state index contributed by atoms with van der Waals surface area (Å²) in [7, 11) is 0. The fraction of sp³-hybridized carbons (Fsp3) is 0.571. The summed E-state index contributed by atoms with van der Waals surface area (Å²) in [6.45, 7) is 0. The smallest absolute Gasteiger partial charge is 0.406 e. The van der Waals surface area contributed by atoms with Gasteiger partial charge in [0.2, 0.25) is 0 Å². The van der Waals surface area contributed by atoms with Crippen LogP contribution in [-0.2, 0) is 6.42 Å². The van der Waals surface area contributed by atoms with Crippen molar-refractivity contribution in [3.63, 3.8) is 0 Å². The van der Waals surface area contributed by atoms with Crippen LogP contribution in [0.4, 0.5) is 13.2 Å². The van der Waals surface area contributed by atoms with Crippen molar-refractivity contribution in [2.45, 2.75) is 44.5 Å². The summed E-state index contributed by atoms with van der Waals surface area (Å²) in [6.07, 6.45) is 0.701. The molecule has 0 bridgehead atoms. The van der Waals surface area contributed by atoms with Gasteiger partial charge in [-0.2, -0.15) is 0 Å². The maximum absolute atomic E-state index is 12.0. The largest absolute Gasteiger partial charge is 0.573 e. The number of halogens is 3. The molecule has 0 amide bonds. The number of nitrogens with two attached hydrogens (primary N) is 1. The number of ether oxygens (including phenoxy) is 1. The Morgan fingerprint density at radius 1 is 1.11 bits per heavy atom. The molecular weight excluding hydrogens is 255 g/mol. The lowest BCUT2D eigenvalue weighted by molar-refractivity contribution is -0.274. The normalized spacial score (nSPS) is 24.2. The van der Waals surface area contributed by atoms with Crippen molar-refractivity contribution < 1.29 is 17.9 Å². The molecular formula is C14H18F3NO. The second kappa shape index (κ2) is 5.82. The molecule has 0 saturated heterocycles. The highest BCUT2D eigenvalue weighted by atomic mass is 19.4. The van der Waals surface area contributed by atoms with Crippen molar-refractivity contribution in [1.29, 1.82) is 0 Å². The van der Waals surface area contributed by atoms with Crippen LogP contribution in [0.5, 0.6) is 5.75 Å². The lowest BCUT2D eigenvalue weighted by Crippen LogP contribution is -2.34. The van der Waals surface area contributed by atoms with Crippen LogP contribution in [-0.4, -0.2) is 12.4 Å². The molecule has 106 valence electrons. The molecule has 0 radical (unpaired) electrons. The summed E-state index contributed by atoms with van der Waals surface area (Å²) in [6, 6.07) is 6.29. The Morgan fingerprint density at radius 3 is 2.32 bits per heavy atom. The van der Waals surface area contributed by atoms with E-state index in [0.29, 0.717) is 5.92 Å². The molecule has 0 aliphatic heterocycles. The third-order valence-corrected chi connectivity index (χ3v) is 3.62. The van der Waals surface area contributed by atoms with Gasteiger partial charge < -0.3 is 10.5 Å². The first kappa shape index (κ1) is 14.2. The van der Waals surface area contributed by atoms with E-state index in [1.807, 2.05) is 0 Å². The summed E-state index contributed by atoms with van der Waals surface area (Å²) in [5.41, 5.74) is 7.08. The maximum Gasteiger partial charge on any atom is 0.573 e. The van der Waals surface area contributed by atoms with Crippen LogP contribution in [0.1, 0.15) is 31.2 Å². The first-order valence-corrected chi connectivity index (χ1v) is 6.54. The molecule has 2 rings (SSSR count). The average Bonchev–Trinajstić information content (AvgIpc) is 2.33. The van der Waals surface area contributed by atoms with Gasteiger partial charge in [-0.15, -0.1) is 13.2 Å². The Hall–Kier alpha value is -1.23. The molecule has 1 aromatic carbocycles. The predicted octanol–water partition coefficient (Wildman–Crippen LogP) is 3.65. The van der Waals surface area contributed by atoms with Crippen molar-refractivity contribution in [3.05, 3.63) is 29.8 Å². The molecule has 2 atom stereocenters. The van der Waals surface area contributed by atoms with E-state index in [1.54, 1.807) is 12.1 Å². The molecule has 0 aromatic heterocycles.